The van der Waals surface area contributed by atoms with Gasteiger partial charge in [-0.1, -0.05) is 52.3 Å². The average Bonchev–Trinajstić information content (AvgIpc) is 3.40. The fourth-order valence-corrected chi connectivity index (χ4v) is 5.35. The average molecular weight is 604 g/mol. The Balaban J connectivity index is 1.69. The molecule has 40 heavy (non-hydrogen) atoms. The van der Waals surface area contributed by atoms with Gasteiger partial charge in [-0.2, -0.15) is 5.10 Å². The van der Waals surface area contributed by atoms with Gasteiger partial charge >= 0.3 is 5.97 Å². The predicted octanol–water partition coefficient (Wildman–Crippen LogP) is 5.52. The molecule has 1 aliphatic rings. The number of ether oxygens (including phenoxy) is 2. The molecule has 3 aromatic carbocycles. The van der Waals surface area contributed by atoms with E-state index in [2.05, 4.69) is 26.0 Å². The van der Waals surface area contributed by atoms with Crippen molar-refractivity contribution in [3.63, 3.8) is 0 Å². The van der Waals surface area contributed by atoms with E-state index in [0.29, 0.717) is 39.4 Å². The first-order chi connectivity index (χ1) is 19.3. The number of aromatic nitrogens is 1. The van der Waals surface area contributed by atoms with Crippen LogP contribution in [-0.2, 0) is 9.59 Å². The lowest BCUT2D eigenvalue weighted by Gasteiger charge is -2.22. The Kier molecular flexibility index (Phi) is 7.70. The van der Waals surface area contributed by atoms with Crippen LogP contribution in [0.1, 0.15) is 36.4 Å². The Hall–Kier alpha value is -4.44. The monoisotopic (exact) mass is 603 g/mol. The van der Waals surface area contributed by atoms with Crippen LogP contribution in [0.25, 0.3) is 22.0 Å². The van der Waals surface area contributed by atoms with E-state index in [4.69, 9.17) is 9.47 Å². The molecule has 1 amide bonds. The number of carboxylic acid groups (broad SMARTS) is 1. The van der Waals surface area contributed by atoms with Crippen LogP contribution in [0.4, 0.5) is 0 Å². The number of hydrogen-bond donors (Lipinski definition) is 2. The van der Waals surface area contributed by atoms with E-state index >= 15 is 0 Å². The molecule has 0 fully saturated rings. The van der Waals surface area contributed by atoms with Crippen LogP contribution in [0.5, 0.6) is 11.5 Å². The zero-order valence-electron chi connectivity index (χ0n) is 21.8. The summed E-state index contributed by atoms with van der Waals surface area (Å²) in [6.07, 6.45) is -0.335. The molecule has 2 N–H and O–H groups in total. The number of H-pyrrole nitrogens is 1. The molecule has 1 aliphatic heterocycles. The minimum absolute atomic E-state index is 0.233. The van der Waals surface area contributed by atoms with Crippen LogP contribution in [0.3, 0.4) is 0 Å². The minimum atomic E-state index is -1.08. The van der Waals surface area contributed by atoms with Crippen LogP contribution >= 0.6 is 15.9 Å². The molecule has 1 atom stereocenters. The summed E-state index contributed by atoms with van der Waals surface area (Å²) in [5.41, 5.74) is 3.35. The van der Waals surface area contributed by atoms with Crippen molar-refractivity contribution >= 4 is 44.4 Å². The van der Waals surface area contributed by atoms with Crippen LogP contribution in [0, 0.1) is 0 Å². The quantitative estimate of drug-likeness (QED) is 0.273. The second-order valence-electron chi connectivity index (χ2n) is 9.27. The molecule has 2 heterocycles. The standard InChI is InChI=1S/C30H26BrN3O6/c1-39-24-11-8-18(14-25(24)40-2)23-16-22(33-34(23)26(35)12-13-27(36)37)29-28(17-6-4-3-5-7-17)20-15-19(31)9-10-21(20)32-30(29)38/h3-11,14-15,23H,12-13,16H2,1-2H3,(H,32,38)(H,36,37)/t23-/m0/s1. The summed E-state index contributed by atoms with van der Waals surface area (Å²) in [4.78, 5) is 41.1. The van der Waals surface area contributed by atoms with Gasteiger partial charge in [-0.3, -0.25) is 14.4 Å². The number of hydrazone groups is 1. The summed E-state index contributed by atoms with van der Waals surface area (Å²) < 4.78 is 11.7. The SMILES string of the molecule is COc1ccc([C@@H]2CC(c3c(-c4ccccc4)c4cc(Br)ccc4[nH]c3=O)=NN2C(=O)CCC(=O)O)cc1OC. The first kappa shape index (κ1) is 27.1. The van der Waals surface area contributed by atoms with Gasteiger partial charge < -0.3 is 19.6 Å². The second kappa shape index (κ2) is 11.4. The van der Waals surface area contributed by atoms with Crippen molar-refractivity contribution in [2.24, 2.45) is 5.10 Å². The van der Waals surface area contributed by atoms with Crippen molar-refractivity contribution in [3.05, 3.63) is 92.7 Å². The highest BCUT2D eigenvalue weighted by Crippen LogP contribution is 2.40. The highest BCUT2D eigenvalue weighted by atomic mass is 79.9. The second-order valence-corrected chi connectivity index (χ2v) is 10.2. The van der Waals surface area contributed by atoms with Crippen molar-refractivity contribution in [1.82, 2.24) is 9.99 Å². The first-order valence-electron chi connectivity index (χ1n) is 12.5. The zero-order valence-corrected chi connectivity index (χ0v) is 23.4. The molecule has 0 bridgehead atoms. The molecular weight excluding hydrogens is 578 g/mol. The largest absolute Gasteiger partial charge is 0.493 e. The Morgan fingerprint density at radius 3 is 2.45 bits per heavy atom. The molecule has 0 unspecified atom stereocenters. The van der Waals surface area contributed by atoms with E-state index in [-0.39, 0.29) is 24.8 Å². The van der Waals surface area contributed by atoms with Crippen LogP contribution in [0.2, 0.25) is 0 Å². The number of carbonyl (C=O) groups is 2. The number of pyridine rings is 1. The number of aromatic amines is 1. The van der Waals surface area contributed by atoms with Gasteiger partial charge in [0, 0.05) is 33.8 Å². The van der Waals surface area contributed by atoms with Crippen LogP contribution < -0.4 is 15.0 Å². The molecular formula is C30H26BrN3O6. The first-order valence-corrected chi connectivity index (χ1v) is 13.3. The number of nitrogens with one attached hydrogen (secondary N) is 1. The molecule has 0 saturated carbocycles. The number of benzene rings is 3. The number of halogens is 1. The summed E-state index contributed by atoms with van der Waals surface area (Å²) in [5, 5.41) is 16.0. The molecule has 0 spiro atoms. The molecule has 9 nitrogen and oxygen atoms in total. The third kappa shape index (κ3) is 5.22. The highest BCUT2D eigenvalue weighted by Gasteiger charge is 2.36. The number of rotatable bonds is 8. The summed E-state index contributed by atoms with van der Waals surface area (Å²) in [5.74, 6) is -0.539. The van der Waals surface area contributed by atoms with Crippen LogP contribution in [-0.4, -0.2) is 46.9 Å². The van der Waals surface area contributed by atoms with Gasteiger partial charge in [0.1, 0.15) is 0 Å². The number of amides is 1. The molecule has 4 aromatic rings. The Labute approximate surface area is 238 Å². The maximum atomic E-state index is 13.7. The van der Waals surface area contributed by atoms with Crippen molar-refractivity contribution in [2.45, 2.75) is 25.3 Å². The molecule has 0 radical (unpaired) electrons. The summed E-state index contributed by atoms with van der Waals surface area (Å²) >= 11 is 3.54. The number of hydrogen-bond acceptors (Lipinski definition) is 6. The molecule has 204 valence electrons. The smallest absolute Gasteiger partial charge is 0.303 e. The van der Waals surface area contributed by atoms with E-state index in [1.165, 1.54) is 19.2 Å². The maximum absolute atomic E-state index is 13.7. The minimum Gasteiger partial charge on any atom is -0.493 e. The topological polar surface area (TPSA) is 121 Å². The number of methoxy groups -OCH3 is 2. The maximum Gasteiger partial charge on any atom is 0.303 e. The third-order valence-corrected chi connectivity index (χ3v) is 7.33. The number of fused-ring (bicyclic) bond motifs is 1. The summed E-state index contributed by atoms with van der Waals surface area (Å²) in [6, 6.07) is 19.9. The molecule has 1 aromatic heterocycles. The van der Waals surface area contributed by atoms with Gasteiger partial charge in [-0.15, -0.1) is 0 Å². The summed E-state index contributed by atoms with van der Waals surface area (Å²) in [6.45, 7) is 0. The Bertz CT molecular complexity index is 1700. The van der Waals surface area contributed by atoms with E-state index in [1.54, 1.807) is 12.1 Å². The van der Waals surface area contributed by atoms with Crippen LogP contribution in [0.15, 0.2) is 81.1 Å². The summed E-state index contributed by atoms with van der Waals surface area (Å²) in [7, 11) is 3.05. The van der Waals surface area contributed by atoms with Crippen molar-refractivity contribution < 1.29 is 24.2 Å². The Morgan fingerprint density at radius 1 is 1.00 bits per heavy atom. The highest BCUT2D eigenvalue weighted by molar-refractivity contribution is 9.10. The lowest BCUT2D eigenvalue weighted by atomic mass is 9.91. The third-order valence-electron chi connectivity index (χ3n) is 6.84. The van der Waals surface area contributed by atoms with E-state index in [9.17, 15) is 19.5 Å². The molecule has 10 heteroatoms. The van der Waals surface area contributed by atoms with Gasteiger partial charge in [0.05, 0.1) is 38.0 Å². The molecule has 5 rings (SSSR count). The number of nitrogens with zero attached hydrogens (tertiary/aromatic N) is 2. The van der Waals surface area contributed by atoms with Gasteiger partial charge in [-0.05, 0) is 41.5 Å². The number of carbonyl (C=O) groups excluding carboxylic acids is 1. The van der Waals surface area contributed by atoms with Crippen molar-refractivity contribution in [2.75, 3.05) is 14.2 Å². The van der Waals surface area contributed by atoms with E-state index in [1.807, 2.05) is 54.6 Å². The molecule has 0 aliphatic carbocycles. The Morgan fingerprint density at radius 2 is 1.75 bits per heavy atom. The predicted molar refractivity (Wildman–Crippen MR) is 155 cm³/mol. The normalized spacial score (nSPS) is 14.7. The van der Waals surface area contributed by atoms with Crippen molar-refractivity contribution in [1.29, 1.82) is 0 Å². The number of carboxylic acids is 1. The number of aliphatic carboxylic acids is 1. The van der Waals surface area contributed by atoms with Gasteiger partial charge in [-0.25, -0.2) is 5.01 Å². The fourth-order valence-electron chi connectivity index (χ4n) is 4.98. The van der Waals surface area contributed by atoms with Crippen molar-refractivity contribution in [3.8, 4) is 22.6 Å². The van der Waals surface area contributed by atoms with E-state index < -0.39 is 17.9 Å². The van der Waals surface area contributed by atoms with Gasteiger partial charge in [0.25, 0.3) is 5.56 Å². The van der Waals surface area contributed by atoms with Gasteiger partial charge in [0.15, 0.2) is 11.5 Å². The fraction of sp³-hybridized carbons (Fsp3) is 0.200. The molecule has 0 saturated heterocycles. The zero-order chi connectivity index (χ0) is 28.4. The van der Waals surface area contributed by atoms with Gasteiger partial charge in [0.2, 0.25) is 5.91 Å². The van der Waals surface area contributed by atoms with E-state index in [0.717, 1.165) is 15.4 Å². The lowest BCUT2D eigenvalue weighted by Crippen LogP contribution is -2.27. The lowest BCUT2D eigenvalue weighted by molar-refractivity contribution is -0.141.